The fraction of sp³-hybridized carbons (Fsp3) is 0.231. The zero-order chi connectivity index (χ0) is 24.5. The van der Waals surface area contributed by atoms with Crippen LogP contribution in [0.1, 0.15) is 27.7 Å². The number of hydrogen-bond acceptors (Lipinski definition) is 2. The molecule has 0 saturated heterocycles. The smallest absolute Gasteiger partial charge is 0.450 e. The molecule has 0 saturated carbocycles. The maximum Gasteiger partial charge on any atom is 0.450 e. The van der Waals surface area contributed by atoms with Gasteiger partial charge in [0.25, 0.3) is 0 Å². The quantitative estimate of drug-likeness (QED) is 0.349. The summed E-state index contributed by atoms with van der Waals surface area (Å²) in [4.78, 5) is 18.8. The van der Waals surface area contributed by atoms with Gasteiger partial charge in [-0.15, -0.1) is 0 Å². The van der Waals surface area contributed by atoms with Crippen LogP contribution >= 0.6 is 6.60 Å². The Morgan fingerprint density at radius 3 is 1.00 bits per heavy atom. The van der Waals surface area contributed by atoms with Crippen LogP contribution in [0.25, 0.3) is 0 Å². The second-order valence-electron chi connectivity index (χ2n) is 8.22. The second-order valence-corrected chi connectivity index (χ2v) is 14.4. The van der Waals surface area contributed by atoms with Crippen LogP contribution in [0.2, 0.25) is 0 Å². The Bertz CT molecular complexity index is 958. The maximum absolute atomic E-state index is 9.38. The molecule has 0 heterocycles. The molecule has 0 aliphatic rings. The summed E-state index contributed by atoms with van der Waals surface area (Å²) in [7, 11) is 0. The number of hydrogen-bond donors (Lipinski definition) is 2. The van der Waals surface area contributed by atoms with Gasteiger partial charge in [0.05, 0.1) is 0 Å². The summed E-state index contributed by atoms with van der Waals surface area (Å²) < 4.78 is 0. The van der Waals surface area contributed by atoms with E-state index >= 15 is 0 Å². The third-order valence-corrected chi connectivity index (χ3v) is 14.8. The van der Waals surface area contributed by atoms with Crippen molar-refractivity contribution in [3.05, 3.63) is 91.0 Å². The van der Waals surface area contributed by atoms with Crippen LogP contribution in [0, 0.1) is 0 Å². The molecule has 33 heavy (non-hydrogen) atoms. The summed E-state index contributed by atoms with van der Waals surface area (Å²) in [6.45, 7) is 7.04. The van der Waals surface area contributed by atoms with Gasteiger partial charge >= 0.3 is 165 Å². The zero-order valence-electron chi connectivity index (χ0n) is 19.4. The number of carbonyl (C=O) groups is 2. The molecule has 0 atom stereocenters. The van der Waals surface area contributed by atoms with Gasteiger partial charge in [-0.3, -0.25) is 0 Å². The molecule has 3 aromatic carbocycles. The van der Waals surface area contributed by atoms with E-state index < -0.39 is 18.8 Å². The molecule has 0 aliphatic carbocycles. The van der Waals surface area contributed by atoms with Gasteiger partial charge in [0.1, 0.15) is 0 Å². The monoisotopic (exact) mass is 466 g/mol. The Kier molecular flexibility index (Phi) is 8.61. The van der Waals surface area contributed by atoms with Crippen molar-refractivity contribution in [1.29, 1.82) is 0 Å². The predicted octanol–water partition coefficient (Wildman–Crippen LogP) is 6.13. The summed E-state index contributed by atoms with van der Waals surface area (Å²) in [5.74, 6) is 0. The fourth-order valence-electron chi connectivity index (χ4n) is 5.17. The van der Waals surface area contributed by atoms with Gasteiger partial charge < -0.3 is 10.2 Å². The van der Waals surface area contributed by atoms with Crippen LogP contribution in [0.4, 0.5) is 9.59 Å². The van der Waals surface area contributed by atoms with Gasteiger partial charge in [0.2, 0.25) is 0 Å². The summed E-state index contributed by atoms with van der Waals surface area (Å²) in [6, 6.07) is 33.8. The Balaban J connectivity index is 0.000000414. The van der Waals surface area contributed by atoms with E-state index in [-0.39, 0.29) is 0 Å². The molecule has 2 N–H and O–H groups in total. The first kappa shape index (κ1) is 25.9. The predicted molar refractivity (Wildman–Crippen MR) is 136 cm³/mol. The van der Waals surface area contributed by atoms with Crippen LogP contribution in [0.15, 0.2) is 101 Å². The first-order chi connectivity index (χ1) is 15.7. The molecule has 0 radical (unpaired) electrons. The van der Waals surface area contributed by atoms with Gasteiger partial charge in [0, 0.05) is 0 Å². The summed E-state index contributed by atoms with van der Waals surface area (Å²) in [6.07, 6.45) is -3.24. The standard InChI is InChI=1S/C24H29P.C2H2N2O4/c1-20(2)25(21(3)4,22-14-8-5-9-15-22,23-16-10-6-11-17-23)24-18-12-7-13-19-24;5-1(6)3-4-2(7)8/h5-21H,1-4H3;(H,5,6)(H,7,8). The zero-order valence-corrected chi connectivity index (χ0v) is 20.3. The van der Waals surface area contributed by atoms with Crippen LogP contribution in [0.3, 0.4) is 0 Å². The van der Waals surface area contributed by atoms with E-state index in [2.05, 4.69) is 129 Å². The van der Waals surface area contributed by atoms with Gasteiger partial charge in [-0.1, -0.05) is 10.2 Å². The van der Waals surface area contributed by atoms with Crippen molar-refractivity contribution in [1.82, 2.24) is 0 Å². The molecular weight excluding hydrogens is 435 g/mol. The van der Waals surface area contributed by atoms with Gasteiger partial charge in [-0.2, -0.15) is 0 Å². The minimum absolute atomic E-state index is 0.512. The number of amides is 2. The first-order valence-corrected chi connectivity index (χ1v) is 13.1. The minimum atomic E-state index is -2.64. The van der Waals surface area contributed by atoms with Gasteiger partial charge in [0.15, 0.2) is 0 Å². The Labute approximate surface area is 194 Å². The van der Waals surface area contributed by atoms with Crippen molar-refractivity contribution >= 4 is 34.7 Å². The number of nitrogens with zero attached hydrogens (tertiary/aromatic N) is 2. The molecule has 6 nitrogen and oxygen atoms in total. The molecule has 0 unspecified atom stereocenters. The molecule has 3 aromatic rings. The van der Waals surface area contributed by atoms with Crippen molar-refractivity contribution in [2.24, 2.45) is 10.2 Å². The van der Waals surface area contributed by atoms with Gasteiger partial charge in [-0.25, -0.2) is 9.59 Å². The molecule has 174 valence electrons. The number of azo groups is 1. The molecule has 3 rings (SSSR count). The average Bonchev–Trinajstić information content (AvgIpc) is 2.81. The van der Waals surface area contributed by atoms with Crippen LogP contribution in [-0.4, -0.2) is 33.7 Å². The topological polar surface area (TPSA) is 99.3 Å². The van der Waals surface area contributed by atoms with Crippen molar-refractivity contribution in [2.75, 3.05) is 0 Å². The summed E-state index contributed by atoms with van der Waals surface area (Å²) in [5, 5.41) is 24.3. The molecule has 0 aromatic heterocycles. The average molecular weight is 467 g/mol. The minimum Gasteiger partial charge on any atom is -0.462 e. The fourth-order valence-corrected chi connectivity index (χ4v) is 13.3. The van der Waals surface area contributed by atoms with E-state index in [9.17, 15) is 9.59 Å². The normalized spacial score (nSPS) is 12.6. The van der Waals surface area contributed by atoms with Crippen molar-refractivity contribution in [3.63, 3.8) is 0 Å². The van der Waals surface area contributed by atoms with Gasteiger partial charge in [-0.05, 0) is 0 Å². The van der Waals surface area contributed by atoms with E-state index in [1.54, 1.807) is 0 Å². The third kappa shape index (κ3) is 4.71. The van der Waals surface area contributed by atoms with Crippen LogP contribution in [0.5, 0.6) is 0 Å². The van der Waals surface area contributed by atoms with Crippen molar-refractivity contribution < 1.29 is 19.8 Å². The summed E-state index contributed by atoms with van der Waals surface area (Å²) >= 11 is 0. The van der Waals surface area contributed by atoms with Crippen LogP contribution in [-0.2, 0) is 0 Å². The SMILES string of the molecule is CC(C)P(c1ccccc1)(c1ccccc1)(c1ccccc1)C(C)C.O=C(O)N=NC(=O)O. The number of rotatable bonds is 5. The molecule has 0 fully saturated rings. The van der Waals surface area contributed by atoms with E-state index in [0.717, 1.165) is 0 Å². The van der Waals surface area contributed by atoms with Crippen molar-refractivity contribution in [2.45, 2.75) is 39.0 Å². The summed E-state index contributed by atoms with van der Waals surface area (Å²) in [5.41, 5.74) is 1.02. The number of carboxylic acid groups (broad SMARTS) is 2. The molecule has 7 heteroatoms. The van der Waals surface area contributed by atoms with Crippen molar-refractivity contribution in [3.8, 4) is 0 Å². The Morgan fingerprint density at radius 1 is 0.576 bits per heavy atom. The Morgan fingerprint density at radius 2 is 0.818 bits per heavy atom. The molecule has 0 bridgehead atoms. The third-order valence-electron chi connectivity index (χ3n) is 6.30. The second kappa shape index (κ2) is 11.0. The van der Waals surface area contributed by atoms with E-state index in [4.69, 9.17) is 10.2 Å². The maximum atomic E-state index is 9.38. The molecule has 0 aliphatic heterocycles. The van der Waals surface area contributed by atoms with Crippen LogP contribution < -0.4 is 15.9 Å². The van der Waals surface area contributed by atoms with E-state index in [0.29, 0.717) is 11.3 Å². The van der Waals surface area contributed by atoms with E-state index in [1.165, 1.54) is 15.9 Å². The first-order valence-electron chi connectivity index (χ1n) is 10.7. The van der Waals surface area contributed by atoms with E-state index in [1.807, 2.05) is 0 Å². The number of benzene rings is 3. The Hall–Kier alpha value is -3.37. The molecular formula is C26H31N2O4P. The largest absolute Gasteiger partial charge is 0.462 e. The molecule has 0 spiro atoms. The molecule has 2 amide bonds.